The summed E-state index contributed by atoms with van der Waals surface area (Å²) >= 11 is 0. The van der Waals surface area contributed by atoms with Crippen LogP contribution in [0.1, 0.15) is 22.5 Å². The zero-order chi connectivity index (χ0) is 21.8. The Morgan fingerprint density at radius 3 is 2.84 bits per heavy atom. The van der Waals surface area contributed by atoms with Crippen molar-refractivity contribution in [3.63, 3.8) is 0 Å². The topological polar surface area (TPSA) is 123 Å². The van der Waals surface area contributed by atoms with Gasteiger partial charge in [-0.1, -0.05) is 18.2 Å². The Balaban J connectivity index is 1.35. The Morgan fingerprint density at radius 1 is 1.23 bits per heavy atom. The van der Waals surface area contributed by atoms with E-state index in [0.29, 0.717) is 38.3 Å². The summed E-state index contributed by atoms with van der Waals surface area (Å²) in [6.07, 6.45) is 2.42. The lowest BCUT2D eigenvalue weighted by Crippen LogP contribution is -2.50. The van der Waals surface area contributed by atoms with E-state index in [4.69, 9.17) is 0 Å². The van der Waals surface area contributed by atoms with E-state index >= 15 is 0 Å². The van der Waals surface area contributed by atoms with E-state index in [1.165, 1.54) is 7.05 Å². The fourth-order valence-corrected chi connectivity index (χ4v) is 3.94. The average molecular weight is 422 g/mol. The maximum absolute atomic E-state index is 12.8. The second-order valence-electron chi connectivity index (χ2n) is 7.66. The predicted octanol–water partition coefficient (Wildman–Crippen LogP) is 0.864. The molecule has 0 radical (unpaired) electrons. The number of nitrogens with zero attached hydrogens (tertiary/aromatic N) is 3. The quantitative estimate of drug-likeness (QED) is 0.467. The molecule has 9 nitrogen and oxygen atoms in total. The van der Waals surface area contributed by atoms with Gasteiger partial charge in [0.15, 0.2) is 11.5 Å². The molecule has 0 aliphatic carbocycles. The second kappa shape index (κ2) is 9.13. The van der Waals surface area contributed by atoms with Crippen molar-refractivity contribution in [3.05, 3.63) is 53.9 Å². The summed E-state index contributed by atoms with van der Waals surface area (Å²) in [6.45, 7) is 1.40. The van der Waals surface area contributed by atoms with Crippen molar-refractivity contribution in [2.24, 2.45) is 5.92 Å². The van der Waals surface area contributed by atoms with Crippen LogP contribution >= 0.6 is 0 Å². The number of benzene rings is 1. The monoisotopic (exact) mass is 422 g/mol. The van der Waals surface area contributed by atoms with Crippen LogP contribution in [0, 0.1) is 5.92 Å². The van der Waals surface area contributed by atoms with Gasteiger partial charge in [0.1, 0.15) is 0 Å². The molecule has 4 N–H and O–H groups in total. The molecule has 2 atom stereocenters. The van der Waals surface area contributed by atoms with E-state index < -0.39 is 12.0 Å². The molecule has 0 spiro atoms. The number of H-pyrrole nitrogens is 1. The van der Waals surface area contributed by atoms with Crippen LogP contribution in [-0.4, -0.2) is 64.9 Å². The third-order valence-corrected chi connectivity index (χ3v) is 5.72. The lowest BCUT2D eigenvalue weighted by molar-refractivity contribution is -0.128. The van der Waals surface area contributed by atoms with E-state index in [1.807, 2.05) is 29.3 Å². The highest BCUT2D eigenvalue weighted by Crippen LogP contribution is 2.22. The summed E-state index contributed by atoms with van der Waals surface area (Å²) in [5.41, 5.74) is 2.45. The Kier molecular flexibility index (Phi) is 6.13. The molecule has 31 heavy (non-hydrogen) atoms. The molecule has 162 valence electrons. The van der Waals surface area contributed by atoms with E-state index in [9.17, 15) is 14.7 Å². The number of carbonyl (C=O) groups is 2. The van der Waals surface area contributed by atoms with E-state index in [1.54, 1.807) is 12.1 Å². The summed E-state index contributed by atoms with van der Waals surface area (Å²) in [5.74, 6) is -0.458. The van der Waals surface area contributed by atoms with Crippen molar-refractivity contribution < 1.29 is 14.7 Å². The molecule has 1 aromatic carbocycles. The van der Waals surface area contributed by atoms with Crippen LogP contribution in [0.25, 0.3) is 10.9 Å². The smallest absolute Gasteiger partial charge is 0.271 e. The van der Waals surface area contributed by atoms with Crippen LogP contribution in [0.3, 0.4) is 0 Å². The molecule has 1 aliphatic heterocycles. The third kappa shape index (κ3) is 4.51. The highest BCUT2D eigenvalue weighted by Gasteiger charge is 2.33. The van der Waals surface area contributed by atoms with Crippen molar-refractivity contribution >= 4 is 28.5 Å². The second-order valence-corrected chi connectivity index (χ2v) is 7.66. The van der Waals surface area contributed by atoms with Crippen molar-refractivity contribution in [1.82, 2.24) is 25.8 Å². The number of aromatic nitrogens is 3. The number of fused-ring (bicyclic) bond motifs is 1. The number of carbonyl (C=O) groups excluding carboxylic acids is 2. The minimum atomic E-state index is -0.706. The number of para-hydroxylation sites is 1. The van der Waals surface area contributed by atoms with E-state index in [-0.39, 0.29) is 17.5 Å². The Bertz CT molecular complexity index is 1060. The van der Waals surface area contributed by atoms with Gasteiger partial charge in [-0.3, -0.25) is 9.59 Å². The van der Waals surface area contributed by atoms with Gasteiger partial charge in [-0.15, -0.1) is 10.2 Å². The molecule has 2 aromatic heterocycles. The van der Waals surface area contributed by atoms with Crippen LogP contribution < -0.4 is 15.5 Å². The zero-order valence-corrected chi connectivity index (χ0v) is 17.3. The molecule has 0 bridgehead atoms. The maximum Gasteiger partial charge on any atom is 0.271 e. The number of nitrogens with one attached hydrogen (secondary N) is 3. The van der Waals surface area contributed by atoms with Crippen LogP contribution in [0.4, 0.5) is 5.82 Å². The molecule has 1 fully saturated rings. The number of aliphatic hydroxyl groups is 1. The summed E-state index contributed by atoms with van der Waals surface area (Å²) < 4.78 is 0. The number of hydrogen-bond donors (Lipinski definition) is 4. The van der Waals surface area contributed by atoms with Crippen LogP contribution in [0.2, 0.25) is 0 Å². The average Bonchev–Trinajstić information content (AvgIpc) is 3.22. The molecular formula is C22H26N6O3. The Hall–Kier alpha value is -3.46. The number of rotatable bonds is 6. The van der Waals surface area contributed by atoms with Gasteiger partial charge in [0.05, 0.1) is 12.0 Å². The molecule has 9 heteroatoms. The van der Waals surface area contributed by atoms with Gasteiger partial charge >= 0.3 is 0 Å². The first-order chi connectivity index (χ1) is 15.1. The van der Waals surface area contributed by atoms with Gasteiger partial charge in [-0.05, 0) is 36.6 Å². The summed E-state index contributed by atoms with van der Waals surface area (Å²) in [6, 6.07) is 11.4. The molecule has 1 aliphatic rings. The van der Waals surface area contributed by atoms with Gasteiger partial charge in [0.2, 0.25) is 5.91 Å². The molecule has 0 unspecified atom stereocenters. The van der Waals surface area contributed by atoms with Crippen LogP contribution in [0.15, 0.2) is 42.6 Å². The van der Waals surface area contributed by atoms with Crippen molar-refractivity contribution in [3.8, 4) is 0 Å². The normalized spacial score (nSPS) is 18.7. The molecule has 3 aromatic rings. The summed E-state index contributed by atoms with van der Waals surface area (Å²) in [7, 11) is 1.53. The molecule has 2 amide bonds. The van der Waals surface area contributed by atoms with Gasteiger partial charge in [-0.2, -0.15) is 0 Å². The van der Waals surface area contributed by atoms with Crippen LogP contribution in [0.5, 0.6) is 0 Å². The van der Waals surface area contributed by atoms with Crippen molar-refractivity contribution in [1.29, 1.82) is 0 Å². The van der Waals surface area contributed by atoms with Crippen molar-refractivity contribution in [2.75, 3.05) is 31.6 Å². The standard InChI is InChI=1S/C22H26N6O3/c1-23-22(31)18-6-7-20(27-26-18)28-11-9-19(29)16(13-28)21(30)24-10-8-14-12-25-17-5-3-2-4-15(14)17/h2-7,12,16,19,25,29H,8-11,13H2,1H3,(H,23,31)(H,24,30)/t16-,19+/m0/s1. The minimum absolute atomic E-state index is 0.174. The summed E-state index contributed by atoms with van der Waals surface area (Å²) in [4.78, 5) is 29.5. The fraction of sp³-hybridized carbons (Fsp3) is 0.364. The Labute approximate surface area is 179 Å². The molecule has 3 heterocycles. The highest BCUT2D eigenvalue weighted by atomic mass is 16.3. The number of piperidine rings is 1. The van der Waals surface area contributed by atoms with Gasteiger partial charge < -0.3 is 25.6 Å². The minimum Gasteiger partial charge on any atom is -0.392 e. The highest BCUT2D eigenvalue weighted by molar-refractivity contribution is 5.92. The van der Waals surface area contributed by atoms with E-state index in [2.05, 4.69) is 31.9 Å². The first kappa shape index (κ1) is 20.8. The van der Waals surface area contributed by atoms with E-state index in [0.717, 1.165) is 16.5 Å². The molecule has 0 saturated carbocycles. The van der Waals surface area contributed by atoms with Gasteiger partial charge in [0, 0.05) is 43.8 Å². The largest absolute Gasteiger partial charge is 0.392 e. The zero-order valence-electron chi connectivity index (χ0n) is 17.3. The van der Waals surface area contributed by atoms with Crippen molar-refractivity contribution in [2.45, 2.75) is 18.9 Å². The molecule has 4 rings (SSSR count). The van der Waals surface area contributed by atoms with Crippen LogP contribution in [-0.2, 0) is 11.2 Å². The van der Waals surface area contributed by atoms with Gasteiger partial charge in [-0.25, -0.2) is 0 Å². The lowest BCUT2D eigenvalue weighted by atomic mass is 9.93. The van der Waals surface area contributed by atoms with Gasteiger partial charge in [0.25, 0.3) is 5.91 Å². The number of aromatic amines is 1. The SMILES string of the molecule is CNC(=O)c1ccc(N2CC[C@@H](O)[C@@H](C(=O)NCCc3c[nH]c4ccccc34)C2)nn1. The number of aliphatic hydroxyl groups excluding tert-OH is 1. The number of amides is 2. The summed E-state index contributed by atoms with van der Waals surface area (Å²) in [5, 5.41) is 25.1. The molecular weight excluding hydrogens is 396 g/mol. The Morgan fingerprint density at radius 2 is 2.06 bits per heavy atom. The number of hydrogen-bond acceptors (Lipinski definition) is 6. The predicted molar refractivity (Wildman–Crippen MR) is 117 cm³/mol. The first-order valence-corrected chi connectivity index (χ1v) is 10.4. The fourth-order valence-electron chi connectivity index (χ4n) is 3.94. The lowest BCUT2D eigenvalue weighted by Gasteiger charge is -2.35. The first-order valence-electron chi connectivity index (χ1n) is 10.4. The third-order valence-electron chi connectivity index (χ3n) is 5.72. The maximum atomic E-state index is 12.8. The molecule has 1 saturated heterocycles. The number of anilines is 1.